The molecule has 0 aromatic rings. The number of rotatable bonds is 3. The van der Waals surface area contributed by atoms with Gasteiger partial charge in [-0.05, 0) is 6.92 Å². The molecule has 0 saturated carbocycles. The van der Waals surface area contributed by atoms with Crippen LogP contribution < -0.4 is 5.32 Å². The predicted octanol–water partition coefficient (Wildman–Crippen LogP) is -0.427. The van der Waals surface area contributed by atoms with Crippen molar-refractivity contribution in [2.24, 2.45) is 0 Å². The molecule has 5 nitrogen and oxygen atoms in total. The van der Waals surface area contributed by atoms with Gasteiger partial charge >= 0.3 is 6.03 Å². The van der Waals surface area contributed by atoms with Crippen LogP contribution >= 0.6 is 0 Å². The van der Waals surface area contributed by atoms with Crippen molar-refractivity contribution in [3.05, 3.63) is 0 Å². The number of carbonyl (C=O) groups excluding carboxylic acids is 2. The van der Waals surface area contributed by atoms with Crippen LogP contribution in [0, 0.1) is 0 Å². The van der Waals surface area contributed by atoms with Gasteiger partial charge in [-0.25, -0.2) is 4.79 Å². The topological polar surface area (TPSA) is 58.6 Å². The van der Waals surface area contributed by atoms with Gasteiger partial charge in [-0.15, -0.1) is 0 Å². The quantitative estimate of drug-likeness (QED) is 0.588. The van der Waals surface area contributed by atoms with E-state index in [9.17, 15) is 9.59 Å². The minimum absolute atomic E-state index is 0.0542. The van der Waals surface area contributed by atoms with E-state index in [0.29, 0.717) is 6.61 Å². The lowest BCUT2D eigenvalue weighted by Gasteiger charge is -2.20. The number of methoxy groups -OCH3 is 1. The molecule has 1 rings (SSSR count). The summed E-state index contributed by atoms with van der Waals surface area (Å²) < 4.78 is 4.87. The van der Waals surface area contributed by atoms with Gasteiger partial charge in [0.15, 0.2) is 0 Å². The van der Waals surface area contributed by atoms with Crippen molar-refractivity contribution in [1.29, 1.82) is 0 Å². The summed E-state index contributed by atoms with van der Waals surface area (Å²) in [5.74, 6) is -0.247. The van der Waals surface area contributed by atoms with Gasteiger partial charge in [-0.3, -0.25) is 10.1 Å². The lowest BCUT2D eigenvalue weighted by Crippen LogP contribution is -2.38. The SMILES string of the molecule is COCC(C)N1CC(=O)NC1=O. The van der Waals surface area contributed by atoms with Gasteiger partial charge in [0, 0.05) is 7.11 Å². The minimum atomic E-state index is -0.329. The number of hydrogen-bond donors (Lipinski definition) is 1. The minimum Gasteiger partial charge on any atom is -0.383 e. The Morgan fingerprint density at radius 1 is 1.67 bits per heavy atom. The Morgan fingerprint density at radius 2 is 2.33 bits per heavy atom. The van der Waals surface area contributed by atoms with Gasteiger partial charge in [0.25, 0.3) is 0 Å². The van der Waals surface area contributed by atoms with Gasteiger partial charge in [-0.1, -0.05) is 0 Å². The van der Waals surface area contributed by atoms with Crippen molar-refractivity contribution in [3.63, 3.8) is 0 Å². The smallest absolute Gasteiger partial charge is 0.324 e. The molecule has 5 heteroatoms. The van der Waals surface area contributed by atoms with Crippen molar-refractivity contribution < 1.29 is 14.3 Å². The molecule has 3 amide bonds. The molecule has 1 N–H and O–H groups in total. The van der Waals surface area contributed by atoms with E-state index >= 15 is 0 Å². The van der Waals surface area contributed by atoms with Crippen LogP contribution in [0.4, 0.5) is 4.79 Å². The van der Waals surface area contributed by atoms with E-state index < -0.39 is 0 Å². The molecule has 0 bridgehead atoms. The molecule has 1 aliphatic rings. The molecule has 0 aromatic carbocycles. The second-order valence-corrected chi connectivity index (χ2v) is 2.79. The van der Waals surface area contributed by atoms with Gasteiger partial charge in [0.05, 0.1) is 12.6 Å². The zero-order valence-electron chi connectivity index (χ0n) is 7.16. The largest absolute Gasteiger partial charge is 0.383 e. The summed E-state index contributed by atoms with van der Waals surface area (Å²) in [6.07, 6.45) is 0. The number of ether oxygens (including phenoxy) is 1. The first-order chi connectivity index (χ1) is 5.65. The molecular formula is C7H12N2O3. The first-order valence-corrected chi connectivity index (χ1v) is 3.74. The molecular weight excluding hydrogens is 160 g/mol. The van der Waals surface area contributed by atoms with Crippen molar-refractivity contribution in [3.8, 4) is 0 Å². The number of nitrogens with one attached hydrogen (secondary N) is 1. The van der Waals surface area contributed by atoms with E-state index in [1.807, 2.05) is 6.92 Å². The van der Waals surface area contributed by atoms with E-state index in [1.54, 1.807) is 7.11 Å². The Morgan fingerprint density at radius 3 is 2.75 bits per heavy atom. The molecule has 0 spiro atoms. The molecule has 0 aliphatic carbocycles. The summed E-state index contributed by atoms with van der Waals surface area (Å²) in [4.78, 5) is 23.2. The van der Waals surface area contributed by atoms with Gasteiger partial charge in [0.2, 0.25) is 5.91 Å². The molecule has 12 heavy (non-hydrogen) atoms. The number of nitrogens with zero attached hydrogens (tertiary/aromatic N) is 1. The monoisotopic (exact) mass is 172 g/mol. The lowest BCUT2D eigenvalue weighted by molar-refractivity contribution is -0.118. The van der Waals surface area contributed by atoms with E-state index in [-0.39, 0.29) is 24.5 Å². The van der Waals surface area contributed by atoms with Crippen molar-refractivity contribution in [2.75, 3.05) is 20.3 Å². The highest BCUT2D eigenvalue weighted by Crippen LogP contribution is 2.04. The van der Waals surface area contributed by atoms with Gasteiger partial charge in [-0.2, -0.15) is 0 Å². The number of amides is 3. The summed E-state index contributed by atoms with van der Waals surface area (Å²) in [5, 5.41) is 2.20. The Balaban J connectivity index is 2.51. The molecule has 1 fully saturated rings. The number of carbonyl (C=O) groups is 2. The van der Waals surface area contributed by atoms with Crippen LogP contribution in [0.3, 0.4) is 0 Å². The average molecular weight is 172 g/mol. The molecule has 1 saturated heterocycles. The van der Waals surface area contributed by atoms with Gasteiger partial charge in [0.1, 0.15) is 6.54 Å². The Labute approximate surface area is 70.7 Å². The molecule has 0 aromatic heterocycles. The van der Waals surface area contributed by atoms with Crippen molar-refractivity contribution >= 4 is 11.9 Å². The maximum absolute atomic E-state index is 11.0. The third-order valence-corrected chi connectivity index (χ3v) is 1.76. The van der Waals surface area contributed by atoms with Crippen molar-refractivity contribution in [2.45, 2.75) is 13.0 Å². The first-order valence-electron chi connectivity index (χ1n) is 3.74. The number of urea groups is 1. The maximum atomic E-state index is 11.0. The fourth-order valence-electron chi connectivity index (χ4n) is 1.14. The molecule has 1 unspecified atom stereocenters. The maximum Gasteiger partial charge on any atom is 0.324 e. The van der Waals surface area contributed by atoms with E-state index in [1.165, 1.54) is 4.90 Å². The van der Waals surface area contributed by atoms with Crippen LogP contribution in [0.15, 0.2) is 0 Å². The second-order valence-electron chi connectivity index (χ2n) is 2.79. The highest BCUT2D eigenvalue weighted by Gasteiger charge is 2.30. The summed E-state index contributed by atoms with van der Waals surface area (Å²) in [6.45, 7) is 2.42. The molecule has 68 valence electrons. The van der Waals surface area contributed by atoms with Crippen LogP contribution in [0.5, 0.6) is 0 Å². The predicted molar refractivity (Wildman–Crippen MR) is 41.6 cm³/mol. The molecule has 1 heterocycles. The second kappa shape index (κ2) is 3.53. The highest BCUT2D eigenvalue weighted by atomic mass is 16.5. The van der Waals surface area contributed by atoms with Crippen LogP contribution in [0.2, 0.25) is 0 Å². The van der Waals surface area contributed by atoms with Crippen LogP contribution in [0.25, 0.3) is 0 Å². The summed E-state index contributed by atoms with van der Waals surface area (Å²) in [7, 11) is 1.56. The molecule has 1 aliphatic heterocycles. The van der Waals surface area contributed by atoms with Crippen molar-refractivity contribution in [1.82, 2.24) is 10.2 Å². The summed E-state index contributed by atoms with van der Waals surface area (Å²) in [6, 6.07) is -0.383. The Bertz CT molecular complexity index is 205. The fourth-order valence-corrected chi connectivity index (χ4v) is 1.14. The average Bonchev–Trinajstić information content (AvgIpc) is 2.30. The summed E-state index contributed by atoms with van der Waals surface area (Å²) in [5.41, 5.74) is 0. The zero-order chi connectivity index (χ0) is 9.14. The van der Waals surface area contributed by atoms with Crippen LogP contribution in [-0.2, 0) is 9.53 Å². The summed E-state index contributed by atoms with van der Waals surface area (Å²) >= 11 is 0. The van der Waals surface area contributed by atoms with E-state index in [4.69, 9.17) is 4.74 Å². The number of imide groups is 1. The van der Waals surface area contributed by atoms with E-state index in [0.717, 1.165) is 0 Å². The zero-order valence-corrected chi connectivity index (χ0v) is 7.16. The Hall–Kier alpha value is -1.10. The fraction of sp³-hybridized carbons (Fsp3) is 0.714. The first kappa shape index (κ1) is 8.99. The normalized spacial score (nSPS) is 19.7. The highest BCUT2D eigenvalue weighted by molar-refractivity contribution is 6.02. The van der Waals surface area contributed by atoms with E-state index in [2.05, 4.69) is 5.32 Å². The Kier molecular flexibility index (Phi) is 2.65. The third-order valence-electron chi connectivity index (χ3n) is 1.76. The van der Waals surface area contributed by atoms with Gasteiger partial charge < -0.3 is 9.64 Å². The molecule has 0 radical (unpaired) electrons. The molecule has 1 atom stereocenters. The van der Waals surface area contributed by atoms with Crippen LogP contribution in [-0.4, -0.2) is 43.1 Å². The lowest BCUT2D eigenvalue weighted by atomic mass is 10.3. The number of hydrogen-bond acceptors (Lipinski definition) is 3. The van der Waals surface area contributed by atoms with Crippen LogP contribution in [0.1, 0.15) is 6.92 Å². The standard InChI is InChI=1S/C7H12N2O3/c1-5(4-12-2)9-3-6(10)8-7(9)11/h5H,3-4H2,1-2H3,(H,8,10,11). The third kappa shape index (κ3) is 1.73.